The average Bonchev–Trinajstić information content (AvgIpc) is 2.89. The fourth-order valence-electron chi connectivity index (χ4n) is 3.09. The molecule has 1 aromatic heterocycles. The highest BCUT2D eigenvalue weighted by Crippen LogP contribution is 2.21. The lowest BCUT2D eigenvalue weighted by Gasteiger charge is -2.24. The summed E-state index contributed by atoms with van der Waals surface area (Å²) in [7, 11) is 1.38. The first-order valence-electron chi connectivity index (χ1n) is 10.4. The van der Waals surface area contributed by atoms with E-state index in [9.17, 15) is 30.0 Å². The van der Waals surface area contributed by atoms with Gasteiger partial charge in [0, 0.05) is 22.8 Å². The number of hydrogen-bond acceptors (Lipinski definition) is 12. The molecule has 0 atom stereocenters. The second-order valence-electron chi connectivity index (χ2n) is 7.47. The van der Waals surface area contributed by atoms with Gasteiger partial charge < -0.3 is 36.4 Å². The molecule has 0 fully saturated rings. The highest BCUT2D eigenvalue weighted by molar-refractivity contribution is 5.98. The molecule has 2 amide bonds. The van der Waals surface area contributed by atoms with Crippen molar-refractivity contribution in [3.63, 3.8) is 0 Å². The van der Waals surface area contributed by atoms with Gasteiger partial charge in [-0.05, 0) is 12.1 Å². The second kappa shape index (κ2) is 10.9. The fourth-order valence-corrected chi connectivity index (χ4v) is 3.09. The second-order valence-corrected chi connectivity index (χ2v) is 7.47. The number of amidine groups is 1. The van der Waals surface area contributed by atoms with E-state index in [0.29, 0.717) is 11.3 Å². The van der Waals surface area contributed by atoms with Crippen LogP contribution in [0.2, 0.25) is 0 Å². The molecule has 0 spiro atoms. The molecule has 0 unspecified atom stereocenters. The van der Waals surface area contributed by atoms with E-state index < -0.39 is 35.0 Å². The normalized spacial score (nSPS) is 12.0. The smallest absolute Gasteiger partial charge is 0.275 e. The summed E-state index contributed by atoms with van der Waals surface area (Å²) in [5.41, 5.74) is 1.64. The molecule has 15 heteroatoms. The molecular weight excluding hydrogens is 488 g/mol. The SMILES string of the molecule is COc1cccc(C(O)(O)NC(=O)c2cc(C(=O)NC(O)(O)c3ccc(/C(=N/N)NN)cc3)ncn2)c1. The number of nitrogens with two attached hydrogens (primary N) is 2. The van der Waals surface area contributed by atoms with Crippen molar-refractivity contribution < 1.29 is 34.8 Å². The van der Waals surface area contributed by atoms with Gasteiger partial charge in [-0.2, -0.15) is 5.10 Å². The zero-order chi connectivity index (χ0) is 27.2. The number of hydrogen-bond donors (Lipinski definition) is 9. The van der Waals surface area contributed by atoms with Crippen LogP contribution in [0.5, 0.6) is 5.75 Å². The molecule has 0 aliphatic rings. The molecular formula is C22H24N8O7. The summed E-state index contributed by atoms with van der Waals surface area (Å²) in [6, 6.07) is 12.0. The van der Waals surface area contributed by atoms with Crippen molar-refractivity contribution in [2.24, 2.45) is 16.8 Å². The molecule has 3 rings (SSSR count). The number of aliphatic hydroxyl groups is 4. The van der Waals surface area contributed by atoms with Gasteiger partial charge in [-0.1, -0.05) is 36.4 Å². The molecule has 0 bridgehead atoms. The van der Waals surface area contributed by atoms with Crippen LogP contribution in [-0.4, -0.2) is 55.2 Å². The summed E-state index contributed by atoms with van der Waals surface area (Å²) in [5.74, 6) is 3.15. The van der Waals surface area contributed by atoms with Crippen LogP contribution in [0, 0.1) is 0 Å². The van der Waals surface area contributed by atoms with Crippen molar-refractivity contribution >= 4 is 17.6 Å². The van der Waals surface area contributed by atoms with Crippen LogP contribution in [0.25, 0.3) is 0 Å². The van der Waals surface area contributed by atoms with Crippen LogP contribution in [-0.2, 0) is 11.8 Å². The van der Waals surface area contributed by atoms with Gasteiger partial charge >= 0.3 is 0 Å². The molecule has 11 N–H and O–H groups in total. The molecule has 0 aliphatic carbocycles. The predicted octanol–water partition coefficient (Wildman–Crippen LogP) is -2.38. The summed E-state index contributed by atoms with van der Waals surface area (Å²) in [5, 5.41) is 48.8. The molecule has 0 saturated carbocycles. The number of hydrazone groups is 1. The molecule has 0 radical (unpaired) electrons. The number of carbonyl (C=O) groups is 2. The maximum Gasteiger partial charge on any atom is 0.275 e. The minimum atomic E-state index is -2.84. The van der Waals surface area contributed by atoms with Gasteiger partial charge in [0.1, 0.15) is 23.5 Å². The number of methoxy groups -OCH3 is 1. The van der Waals surface area contributed by atoms with Crippen LogP contribution >= 0.6 is 0 Å². The first kappa shape index (κ1) is 26.9. The van der Waals surface area contributed by atoms with Crippen LogP contribution in [0.15, 0.2) is 66.0 Å². The first-order valence-corrected chi connectivity index (χ1v) is 10.4. The molecule has 194 valence electrons. The van der Waals surface area contributed by atoms with Crippen molar-refractivity contribution in [1.29, 1.82) is 0 Å². The largest absolute Gasteiger partial charge is 0.497 e. The lowest BCUT2D eigenvalue weighted by atomic mass is 10.1. The third-order valence-electron chi connectivity index (χ3n) is 5.01. The van der Waals surface area contributed by atoms with E-state index >= 15 is 0 Å². The number of hydrazine groups is 1. The summed E-state index contributed by atoms with van der Waals surface area (Å²) >= 11 is 0. The van der Waals surface area contributed by atoms with Crippen LogP contribution in [0.1, 0.15) is 37.7 Å². The Balaban J connectivity index is 1.74. The summed E-state index contributed by atoms with van der Waals surface area (Å²) < 4.78 is 5.02. The van der Waals surface area contributed by atoms with Gasteiger partial charge in [-0.15, -0.1) is 0 Å². The Kier molecular flexibility index (Phi) is 7.96. The molecule has 1 heterocycles. The quantitative estimate of drug-likeness (QED) is 0.0504. The lowest BCUT2D eigenvalue weighted by molar-refractivity contribution is -0.186. The number of aromatic nitrogens is 2. The van der Waals surface area contributed by atoms with Crippen molar-refractivity contribution in [1.82, 2.24) is 26.0 Å². The number of nitrogens with zero attached hydrogens (tertiary/aromatic N) is 3. The number of benzene rings is 2. The monoisotopic (exact) mass is 512 g/mol. The number of rotatable bonds is 8. The predicted molar refractivity (Wildman–Crippen MR) is 127 cm³/mol. The summed E-state index contributed by atoms with van der Waals surface area (Å²) in [4.78, 5) is 32.7. The van der Waals surface area contributed by atoms with Crippen LogP contribution < -0.4 is 32.5 Å². The van der Waals surface area contributed by atoms with Crippen molar-refractivity contribution in [2.45, 2.75) is 11.8 Å². The average molecular weight is 512 g/mol. The highest BCUT2D eigenvalue weighted by atomic mass is 16.5. The zero-order valence-electron chi connectivity index (χ0n) is 19.3. The van der Waals surface area contributed by atoms with E-state index in [1.54, 1.807) is 6.07 Å². The Labute approximate surface area is 209 Å². The maximum absolute atomic E-state index is 12.6. The van der Waals surface area contributed by atoms with E-state index in [0.717, 1.165) is 12.4 Å². The maximum atomic E-state index is 12.6. The topological polar surface area (TPSA) is 251 Å². The summed E-state index contributed by atoms with van der Waals surface area (Å²) in [6.45, 7) is 0. The number of ether oxygens (including phenoxy) is 1. The van der Waals surface area contributed by atoms with Gasteiger partial charge in [-0.3, -0.25) is 20.2 Å². The van der Waals surface area contributed by atoms with Gasteiger partial charge in [0.25, 0.3) is 23.6 Å². The molecule has 0 aliphatic heterocycles. The Hall–Kier alpha value is -4.67. The minimum Gasteiger partial charge on any atom is -0.497 e. The van der Waals surface area contributed by atoms with E-state index in [4.69, 9.17) is 16.4 Å². The molecule has 2 aromatic carbocycles. The molecule has 37 heavy (non-hydrogen) atoms. The Bertz CT molecular complexity index is 1310. The molecule has 15 nitrogen and oxygen atoms in total. The molecule has 0 saturated heterocycles. The standard InChI is InChI=1S/C22H24N8O7/c1-37-15-4-2-3-14(9-15)22(35,36)28-20(32)17-10-16(25-11-26-17)19(31)27-21(33,34)13-7-5-12(6-8-13)18(29-23)30-24/h2-11,33-36H,23-24H2,1H3,(H,27,31)(H,28,32)(H,29,30). The van der Waals surface area contributed by atoms with Crippen molar-refractivity contribution in [3.8, 4) is 5.75 Å². The van der Waals surface area contributed by atoms with Gasteiger partial charge in [0.2, 0.25) is 0 Å². The van der Waals surface area contributed by atoms with Crippen molar-refractivity contribution in [2.75, 3.05) is 7.11 Å². The Morgan fingerprint density at radius 2 is 1.46 bits per heavy atom. The zero-order valence-corrected chi connectivity index (χ0v) is 19.3. The number of carbonyl (C=O) groups excluding carboxylic acids is 2. The lowest BCUT2D eigenvalue weighted by Crippen LogP contribution is -2.47. The third-order valence-corrected chi connectivity index (χ3v) is 5.01. The Morgan fingerprint density at radius 1 is 0.892 bits per heavy atom. The van der Waals surface area contributed by atoms with Gasteiger partial charge in [0.15, 0.2) is 5.84 Å². The van der Waals surface area contributed by atoms with E-state index in [2.05, 4.69) is 20.5 Å². The minimum absolute atomic E-state index is 0.101. The third kappa shape index (κ3) is 6.31. The Morgan fingerprint density at radius 3 is 1.97 bits per heavy atom. The first-order chi connectivity index (χ1) is 17.5. The molecule has 3 aromatic rings. The highest BCUT2D eigenvalue weighted by Gasteiger charge is 2.32. The van der Waals surface area contributed by atoms with E-state index in [1.807, 2.05) is 10.6 Å². The van der Waals surface area contributed by atoms with Crippen LogP contribution in [0.4, 0.5) is 0 Å². The van der Waals surface area contributed by atoms with Crippen molar-refractivity contribution in [3.05, 3.63) is 89.0 Å². The fraction of sp³-hybridized carbons (Fsp3) is 0.136. The van der Waals surface area contributed by atoms with Crippen LogP contribution in [0.3, 0.4) is 0 Å². The number of amides is 2. The van der Waals surface area contributed by atoms with E-state index in [-0.39, 0.29) is 17.0 Å². The summed E-state index contributed by atoms with van der Waals surface area (Å²) in [6.07, 6.45) is 0.866. The van der Waals surface area contributed by atoms with Gasteiger partial charge in [-0.25, -0.2) is 15.8 Å². The van der Waals surface area contributed by atoms with Gasteiger partial charge in [0.05, 0.1) is 7.11 Å². The van der Waals surface area contributed by atoms with E-state index in [1.165, 1.54) is 49.6 Å². The number of nitrogens with one attached hydrogen (secondary N) is 3.